The Bertz CT molecular complexity index is 598. The van der Waals surface area contributed by atoms with E-state index in [9.17, 15) is 9.18 Å². The van der Waals surface area contributed by atoms with Crippen molar-refractivity contribution in [2.45, 2.75) is 26.1 Å². The van der Waals surface area contributed by atoms with Crippen LogP contribution in [0.1, 0.15) is 18.1 Å². The summed E-state index contributed by atoms with van der Waals surface area (Å²) in [6.07, 6.45) is 0. The van der Waals surface area contributed by atoms with Crippen LogP contribution in [-0.2, 0) is 17.9 Å². The van der Waals surface area contributed by atoms with E-state index in [0.29, 0.717) is 13.1 Å². The van der Waals surface area contributed by atoms with Gasteiger partial charge in [-0.05, 0) is 37.2 Å². The molecule has 1 N–H and O–H groups in total. The molecule has 4 heteroatoms. The van der Waals surface area contributed by atoms with E-state index in [0.717, 1.165) is 5.56 Å². The van der Waals surface area contributed by atoms with Crippen molar-refractivity contribution in [2.75, 3.05) is 7.05 Å². The maximum absolute atomic E-state index is 12.8. The van der Waals surface area contributed by atoms with E-state index < -0.39 is 0 Å². The number of nitrogens with one attached hydrogen (secondary N) is 1. The fourth-order valence-corrected chi connectivity index (χ4v) is 2.15. The summed E-state index contributed by atoms with van der Waals surface area (Å²) in [5.41, 5.74) is 2.05. The number of hydrogen-bond acceptors (Lipinski definition) is 2. The number of amides is 1. The Hall–Kier alpha value is -2.20. The number of carbonyl (C=O) groups excluding carboxylic acids is 1. The van der Waals surface area contributed by atoms with E-state index in [1.54, 1.807) is 12.1 Å². The number of halogens is 1. The Morgan fingerprint density at radius 1 is 1.09 bits per heavy atom. The minimum Gasteiger partial charge on any atom is -0.351 e. The molecule has 2 aromatic rings. The molecule has 3 nitrogen and oxygen atoms in total. The lowest BCUT2D eigenvalue weighted by Gasteiger charge is -2.24. The fraction of sp³-hybridized carbons (Fsp3) is 0.278. The van der Waals surface area contributed by atoms with Gasteiger partial charge in [-0.15, -0.1) is 0 Å². The van der Waals surface area contributed by atoms with Gasteiger partial charge in [0.2, 0.25) is 5.91 Å². The molecule has 0 spiro atoms. The number of rotatable bonds is 6. The molecule has 1 amide bonds. The third kappa shape index (κ3) is 4.67. The average molecular weight is 300 g/mol. The number of nitrogens with zero attached hydrogens (tertiary/aromatic N) is 1. The largest absolute Gasteiger partial charge is 0.351 e. The van der Waals surface area contributed by atoms with Crippen molar-refractivity contribution in [1.29, 1.82) is 0 Å². The maximum Gasteiger partial charge on any atom is 0.237 e. The third-order valence-electron chi connectivity index (χ3n) is 3.70. The summed E-state index contributed by atoms with van der Waals surface area (Å²) < 4.78 is 12.8. The van der Waals surface area contributed by atoms with Crippen LogP contribution in [0.5, 0.6) is 0 Å². The number of benzene rings is 2. The lowest BCUT2D eigenvalue weighted by Crippen LogP contribution is -2.42. The molecule has 0 saturated heterocycles. The monoisotopic (exact) mass is 300 g/mol. The number of hydrogen-bond donors (Lipinski definition) is 1. The second kappa shape index (κ2) is 7.71. The van der Waals surface area contributed by atoms with E-state index in [1.807, 2.05) is 49.2 Å². The molecule has 0 unspecified atom stereocenters. The quantitative estimate of drug-likeness (QED) is 0.889. The molecule has 22 heavy (non-hydrogen) atoms. The molecular formula is C18H21FN2O. The standard InChI is InChI=1S/C18H21FN2O/c1-14(21(2)13-16-6-4-3-5-7-16)18(22)20-12-15-8-10-17(19)11-9-15/h3-11,14H,12-13H2,1-2H3,(H,20,22)/t14-/m1/s1. The molecule has 116 valence electrons. The maximum atomic E-state index is 12.8. The van der Waals surface area contributed by atoms with Crippen molar-refractivity contribution in [3.63, 3.8) is 0 Å². The summed E-state index contributed by atoms with van der Waals surface area (Å²) in [7, 11) is 1.93. The fourth-order valence-electron chi connectivity index (χ4n) is 2.15. The predicted octanol–water partition coefficient (Wildman–Crippen LogP) is 2.96. The van der Waals surface area contributed by atoms with Gasteiger partial charge in [0.05, 0.1) is 6.04 Å². The van der Waals surface area contributed by atoms with Crippen LogP contribution in [0.15, 0.2) is 54.6 Å². The van der Waals surface area contributed by atoms with E-state index in [-0.39, 0.29) is 17.8 Å². The molecule has 0 fully saturated rings. The Kier molecular flexibility index (Phi) is 5.67. The zero-order valence-corrected chi connectivity index (χ0v) is 12.9. The van der Waals surface area contributed by atoms with Gasteiger partial charge in [-0.1, -0.05) is 42.5 Å². The van der Waals surface area contributed by atoms with Crippen LogP contribution >= 0.6 is 0 Å². The van der Waals surface area contributed by atoms with E-state index in [1.165, 1.54) is 17.7 Å². The second-order valence-electron chi connectivity index (χ2n) is 5.42. The van der Waals surface area contributed by atoms with Crippen molar-refractivity contribution >= 4 is 5.91 Å². The lowest BCUT2D eigenvalue weighted by molar-refractivity contribution is -0.125. The normalized spacial score (nSPS) is 12.2. The zero-order chi connectivity index (χ0) is 15.9. The van der Waals surface area contributed by atoms with Gasteiger partial charge in [0.25, 0.3) is 0 Å². The predicted molar refractivity (Wildman–Crippen MR) is 85.6 cm³/mol. The van der Waals surface area contributed by atoms with Gasteiger partial charge >= 0.3 is 0 Å². The highest BCUT2D eigenvalue weighted by Gasteiger charge is 2.17. The molecule has 2 rings (SSSR count). The van der Waals surface area contributed by atoms with Crippen molar-refractivity contribution < 1.29 is 9.18 Å². The molecule has 1 atom stereocenters. The number of carbonyl (C=O) groups is 1. The lowest BCUT2D eigenvalue weighted by atomic mass is 10.2. The molecule has 0 bridgehead atoms. The molecular weight excluding hydrogens is 279 g/mol. The van der Waals surface area contributed by atoms with Gasteiger partial charge < -0.3 is 5.32 Å². The van der Waals surface area contributed by atoms with Crippen molar-refractivity contribution in [1.82, 2.24) is 10.2 Å². The van der Waals surface area contributed by atoms with Gasteiger partial charge in [0.15, 0.2) is 0 Å². The van der Waals surface area contributed by atoms with Crippen LogP contribution in [0.3, 0.4) is 0 Å². The van der Waals surface area contributed by atoms with Crippen molar-refractivity contribution in [2.24, 2.45) is 0 Å². The Morgan fingerprint density at radius 3 is 2.36 bits per heavy atom. The molecule has 0 aromatic heterocycles. The zero-order valence-electron chi connectivity index (χ0n) is 12.9. The van der Waals surface area contributed by atoms with Gasteiger partial charge in [0.1, 0.15) is 5.82 Å². The van der Waals surface area contributed by atoms with Crippen LogP contribution in [-0.4, -0.2) is 23.9 Å². The molecule has 0 heterocycles. The van der Waals surface area contributed by atoms with E-state index >= 15 is 0 Å². The summed E-state index contributed by atoms with van der Waals surface area (Å²) in [6.45, 7) is 3.00. The van der Waals surface area contributed by atoms with Gasteiger partial charge in [-0.2, -0.15) is 0 Å². The van der Waals surface area contributed by atoms with Crippen molar-refractivity contribution in [3.05, 3.63) is 71.5 Å². The van der Waals surface area contributed by atoms with Gasteiger partial charge in [-0.25, -0.2) is 4.39 Å². The average Bonchev–Trinajstić information content (AvgIpc) is 2.54. The Labute approximate surface area is 130 Å². The minimum absolute atomic E-state index is 0.0391. The molecule has 0 radical (unpaired) electrons. The Balaban J connectivity index is 1.84. The van der Waals surface area contributed by atoms with Crippen LogP contribution in [0.2, 0.25) is 0 Å². The highest BCUT2D eigenvalue weighted by atomic mass is 19.1. The smallest absolute Gasteiger partial charge is 0.237 e. The molecule has 0 aliphatic carbocycles. The first-order valence-corrected chi connectivity index (χ1v) is 7.32. The summed E-state index contributed by atoms with van der Waals surface area (Å²) in [4.78, 5) is 14.2. The first kappa shape index (κ1) is 16.2. The summed E-state index contributed by atoms with van der Waals surface area (Å²) in [6, 6.07) is 15.9. The van der Waals surface area contributed by atoms with Gasteiger partial charge in [-0.3, -0.25) is 9.69 Å². The SMILES string of the molecule is C[C@H](C(=O)NCc1ccc(F)cc1)N(C)Cc1ccccc1. The Morgan fingerprint density at radius 2 is 1.73 bits per heavy atom. The summed E-state index contributed by atoms with van der Waals surface area (Å²) in [5.74, 6) is -0.311. The molecule has 0 aliphatic rings. The van der Waals surface area contributed by atoms with Crippen LogP contribution in [0.4, 0.5) is 4.39 Å². The highest BCUT2D eigenvalue weighted by molar-refractivity contribution is 5.81. The topological polar surface area (TPSA) is 32.3 Å². The second-order valence-corrected chi connectivity index (χ2v) is 5.42. The molecule has 2 aromatic carbocycles. The summed E-state index contributed by atoms with van der Waals surface area (Å²) in [5, 5.41) is 2.88. The van der Waals surface area contributed by atoms with Gasteiger partial charge in [0, 0.05) is 13.1 Å². The van der Waals surface area contributed by atoms with Crippen LogP contribution < -0.4 is 5.32 Å². The van der Waals surface area contributed by atoms with E-state index in [4.69, 9.17) is 0 Å². The van der Waals surface area contributed by atoms with Crippen LogP contribution in [0, 0.1) is 5.82 Å². The van der Waals surface area contributed by atoms with Crippen molar-refractivity contribution in [3.8, 4) is 0 Å². The first-order valence-electron chi connectivity index (χ1n) is 7.32. The highest BCUT2D eigenvalue weighted by Crippen LogP contribution is 2.07. The number of likely N-dealkylation sites (N-methyl/N-ethyl adjacent to an activating group) is 1. The summed E-state index contributed by atoms with van der Waals surface area (Å²) >= 11 is 0. The molecule has 0 aliphatic heterocycles. The minimum atomic E-state index is -0.272. The van der Waals surface area contributed by atoms with E-state index in [2.05, 4.69) is 5.32 Å². The molecule has 0 saturated carbocycles. The van der Waals surface area contributed by atoms with Crippen LogP contribution in [0.25, 0.3) is 0 Å². The first-order chi connectivity index (χ1) is 10.6. The third-order valence-corrected chi connectivity index (χ3v) is 3.70.